The van der Waals surface area contributed by atoms with Gasteiger partial charge in [-0.3, -0.25) is 9.59 Å². The summed E-state index contributed by atoms with van der Waals surface area (Å²) in [6.45, 7) is 146. The van der Waals surface area contributed by atoms with E-state index in [2.05, 4.69) is 427 Å². The van der Waals surface area contributed by atoms with E-state index in [0.29, 0.717) is 24.7 Å². The number of carbonyl (C=O) groups excluding carboxylic acids is 6. The van der Waals surface area contributed by atoms with Crippen molar-refractivity contribution in [2.24, 2.45) is 47.3 Å². The lowest BCUT2D eigenvalue weighted by atomic mass is 9.92. The van der Waals surface area contributed by atoms with Crippen LogP contribution in [0.4, 0.5) is 0 Å². The van der Waals surface area contributed by atoms with Crippen molar-refractivity contribution in [3.63, 3.8) is 0 Å². The summed E-state index contributed by atoms with van der Waals surface area (Å²) in [5.74, 6) is -0.311. The molecule has 135 heavy (non-hydrogen) atoms. The average molecular weight is 1940 g/mol. The Labute approximate surface area is 807 Å². The van der Waals surface area contributed by atoms with E-state index in [1.807, 2.05) is 13.8 Å². The maximum Gasteiger partial charge on any atom is 0.332 e. The van der Waals surface area contributed by atoms with Crippen LogP contribution in [0.15, 0.2) is 339 Å². The van der Waals surface area contributed by atoms with Crippen LogP contribution in [-0.2, 0) is 186 Å². The molecular formula is C97H168O38. The lowest BCUT2D eigenvalue weighted by molar-refractivity contribution is -0.852. The molecule has 0 heterocycles. The van der Waals surface area contributed by atoms with E-state index in [9.17, 15) is 28.8 Å². The van der Waals surface area contributed by atoms with Crippen LogP contribution in [0.25, 0.3) is 0 Å². The van der Waals surface area contributed by atoms with Gasteiger partial charge < -0.3 is 66.9 Å². The van der Waals surface area contributed by atoms with Gasteiger partial charge in [-0.1, -0.05) is 102 Å². The molecule has 0 aliphatic heterocycles. The molecule has 4 saturated carbocycles. The third kappa shape index (κ3) is 104. The van der Waals surface area contributed by atoms with Crippen LogP contribution in [0.5, 0.6) is 0 Å². The topological polar surface area (TPSA) is 398 Å². The van der Waals surface area contributed by atoms with E-state index in [-0.39, 0.29) is 132 Å². The molecule has 9 unspecified atom stereocenters. The molecule has 0 aromatic rings. The molecular weight excluding hydrogens is 1770 g/mol. The van der Waals surface area contributed by atoms with Gasteiger partial charge in [0.1, 0.15) is 88.1 Å². The van der Waals surface area contributed by atoms with Gasteiger partial charge in [-0.15, -0.1) is 237 Å². The Bertz CT molecular complexity index is 2320. The van der Waals surface area contributed by atoms with Gasteiger partial charge in [0.25, 0.3) is 0 Å². The molecule has 38 heteroatoms. The second-order valence-electron chi connectivity index (χ2n) is 20.1. The highest BCUT2D eigenvalue weighted by molar-refractivity contribution is 5.73. The summed E-state index contributed by atoms with van der Waals surface area (Å²) in [7, 11) is 0. The normalized spacial score (nSPS) is 16.7. The van der Waals surface area contributed by atoms with Crippen molar-refractivity contribution in [1.29, 1.82) is 0 Å². The first-order valence-corrected chi connectivity index (χ1v) is 39.6. The van der Waals surface area contributed by atoms with Crippen LogP contribution >= 0.6 is 0 Å². The molecule has 4 rings (SSSR count). The zero-order valence-corrected chi connectivity index (χ0v) is 81.1. The molecule has 12 atom stereocenters. The molecule has 0 saturated heterocycles. The smallest absolute Gasteiger partial charge is 0.332 e. The summed E-state index contributed by atoms with van der Waals surface area (Å²) >= 11 is 0. The molecule has 0 radical (unpaired) electrons. The molecule has 0 aromatic heterocycles. The Hall–Kier alpha value is -11.6. The highest BCUT2D eigenvalue weighted by atomic mass is 18.0. The summed E-state index contributed by atoms with van der Waals surface area (Å²) in [4.78, 5) is 88.1. The Morgan fingerprint density at radius 2 is 0.385 bits per heavy atom. The summed E-state index contributed by atoms with van der Waals surface area (Å²) in [5.41, 5.74) is 0. The Kier molecular flexibility index (Phi) is 200. The Balaban J connectivity index is -0.0000000754. The average Bonchev–Trinajstić information content (AvgIpc) is 1.62. The summed E-state index contributed by atoms with van der Waals surface area (Å²) in [6, 6.07) is 0. The van der Waals surface area contributed by atoms with E-state index < -0.39 is 36.1 Å². The monoisotopic (exact) mass is 1940 g/mol. The first-order valence-electron chi connectivity index (χ1n) is 39.6. The van der Waals surface area contributed by atoms with Crippen molar-refractivity contribution >= 4 is 35.8 Å². The standard InChI is InChI=1S/C36H58O10.C16H22O6.2C4H6O11.18C2H4.CH4/c1-7-21-15-27-25(33(21)43-29(37)11-5)17-23(9-3)35(27)45-31(39)19-41-13-14-42-20-32(40)46-36-24(10-4)18-26-28(36)16-22(8-2)34(26)44-30(38)12-6;1-5-13(6-2)21-15(17)11-19-9-10-20-12-16(18)22-14(7-3)8-4;2*1-3-5-7-9-11-13-15-14-12-10-8-6-4-2;18*1-2;/h21-28,33-36H,7-20H2,1-6H3;5-8,13-14H,1-4,9-12H2;2*3-4H,1-2H2;18*1-2H2;1H4/t21?,22?,23?,24?,25?,26?,27?,28?,33-,34-,35+,36?;;;;;;;;;;;;;;;;;;;;;;/m0....................../s1. The fraction of sp³-hybridized carbons (Fsp3) is 0.402. The van der Waals surface area contributed by atoms with Gasteiger partial charge in [0.2, 0.25) is 0 Å². The summed E-state index contributed by atoms with van der Waals surface area (Å²) in [5, 5.41) is 65.3. The van der Waals surface area contributed by atoms with Crippen LogP contribution in [0, 0.1) is 47.3 Å². The molecule has 784 valence electrons. The molecule has 4 aliphatic rings. The zero-order chi connectivity index (χ0) is 109. The minimum Gasteiger partial charge on any atom is -0.462 e. The minimum absolute atomic E-state index is 0. The molecule has 0 bridgehead atoms. The van der Waals surface area contributed by atoms with Crippen molar-refractivity contribution in [3.8, 4) is 0 Å². The third-order valence-corrected chi connectivity index (χ3v) is 14.7. The van der Waals surface area contributed by atoms with Crippen molar-refractivity contribution < 1.29 is 186 Å². The number of rotatable bonds is 54. The lowest BCUT2D eigenvalue weighted by Crippen LogP contribution is -2.31. The van der Waals surface area contributed by atoms with E-state index in [4.69, 9.17) is 47.4 Å². The van der Waals surface area contributed by atoms with Crippen LogP contribution in [0.3, 0.4) is 0 Å². The minimum atomic E-state index is -0.538. The lowest BCUT2D eigenvalue weighted by Gasteiger charge is -2.25. The van der Waals surface area contributed by atoms with Gasteiger partial charge in [0.15, 0.2) is 0 Å². The highest BCUT2D eigenvalue weighted by Gasteiger charge is 2.57. The molecule has 4 fully saturated rings. The van der Waals surface area contributed by atoms with E-state index >= 15 is 0 Å². The maximum absolute atomic E-state index is 12.8. The van der Waals surface area contributed by atoms with Crippen LogP contribution < -0.4 is 0 Å². The van der Waals surface area contributed by atoms with Crippen LogP contribution in [0.2, 0.25) is 0 Å². The summed E-state index contributed by atoms with van der Waals surface area (Å²) in [6.07, 6.45) is 15.7. The van der Waals surface area contributed by atoms with Gasteiger partial charge in [-0.2, -0.15) is 0 Å². The van der Waals surface area contributed by atoms with Crippen LogP contribution in [0.1, 0.15) is 113 Å². The number of carbonyl (C=O) groups is 6. The number of hydrogen-bond acceptors (Lipinski definition) is 38. The molecule has 4 aliphatic carbocycles. The highest BCUT2D eigenvalue weighted by Crippen LogP contribution is 2.55. The molecule has 0 spiro atoms. The predicted octanol–water partition coefficient (Wildman–Crippen LogP) is 23.5. The number of fused-ring (bicyclic) bond motifs is 2. The zero-order valence-electron chi connectivity index (χ0n) is 81.1. The second kappa shape index (κ2) is 159. The van der Waals surface area contributed by atoms with Gasteiger partial charge in [0.05, 0.1) is 26.4 Å². The van der Waals surface area contributed by atoms with Crippen molar-refractivity contribution in [1.82, 2.24) is 0 Å². The first kappa shape index (κ1) is 170. The van der Waals surface area contributed by atoms with Crippen LogP contribution in [-0.4, -0.2) is 125 Å². The van der Waals surface area contributed by atoms with Gasteiger partial charge in [0, 0.05) is 127 Å². The number of esters is 6. The van der Waals surface area contributed by atoms with E-state index in [1.54, 1.807) is 0 Å². The van der Waals surface area contributed by atoms with Crippen molar-refractivity contribution in [2.45, 2.75) is 150 Å². The largest absolute Gasteiger partial charge is 0.462 e. The van der Waals surface area contributed by atoms with E-state index in [0.717, 1.165) is 76.4 Å². The van der Waals surface area contributed by atoms with Crippen molar-refractivity contribution in [2.75, 3.05) is 52.9 Å². The number of hydrogen-bond donors (Lipinski definition) is 0. The predicted molar refractivity (Wildman–Crippen MR) is 525 cm³/mol. The molecule has 0 aromatic carbocycles. The maximum atomic E-state index is 12.8. The number of ether oxygens (including phenoxy) is 10. The van der Waals surface area contributed by atoms with E-state index in [1.165, 1.54) is 24.3 Å². The summed E-state index contributed by atoms with van der Waals surface area (Å²) < 4.78 is 54.7. The SMILES string of the molecule is C.C=C.C=C.C=C.C=C.C=C.C=C.C=C.C=C.C=C.C=C.C=C.C=C.C=C.C=C.C=C.C=C.C=C.C=C.C=CC(C=C)OC(=O)COCCOCC(=O)OC(C=C)C=C.C=COOOOOOOOOOOC=C.C=COOOOOOOOOOOC=C.CCC(=O)O[C@H]1C(CC)CC2C(OC(=O)COCCOCC(=O)O[C@@H]3C(CC)CC4C3CC(CC)[C@@H]4OC(=O)CC)C(CC)CC21. The second-order valence-corrected chi connectivity index (χ2v) is 20.1. The van der Waals surface area contributed by atoms with Crippen molar-refractivity contribution in [3.05, 3.63) is 339 Å². The molecule has 0 amide bonds. The Morgan fingerprint density at radius 3 is 0.526 bits per heavy atom. The van der Waals surface area contributed by atoms with Gasteiger partial charge >= 0.3 is 35.8 Å². The molecule has 38 nitrogen and oxygen atoms in total. The fourth-order valence-corrected chi connectivity index (χ4v) is 10.7. The van der Waals surface area contributed by atoms with Gasteiger partial charge in [-0.25, -0.2) is 19.2 Å². The van der Waals surface area contributed by atoms with Gasteiger partial charge in [-0.05, 0) is 99.3 Å². The quantitative estimate of drug-likeness (QED) is 0.0104. The third-order valence-electron chi connectivity index (χ3n) is 14.7. The fourth-order valence-electron chi connectivity index (χ4n) is 10.7. The first-order chi connectivity index (χ1) is 65.6. The molecule has 0 N–H and O–H groups in total. The Morgan fingerprint density at radius 1 is 0.237 bits per heavy atom.